The van der Waals surface area contributed by atoms with Crippen molar-refractivity contribution >= 4 is 15.9 Å². The van der Waals surface area contributed by atoms with Crippen molar-refractivity contribution in [1.82, 2.24) is 14.9 Å². The molecule has 156 valence electrons. The molecular formula is C21H33N3O3S. The normalized spacial score (nSPS) is 26.4. The number of fused-ring (bicyclic) bond motifs is 1. The lowest BCUT2D eigenvalue weighted by Gasteiger charge is -2.25. The molecule has 2 aliphatic rings. The highest BCUT2D eigenvalue weighted by Gasteiger charge is 2.43. The van der Waals surface area contributed by atoms with Crippen LogP contribution in [0.4, 0.5) is 0 Å². The molecule has 4 atom stereocenters. The van der Waals surface area contributed by atoms with Crippen LogP contribution >= 0.6 is 0 Å². The molecule has 1 saturated heterocycles. The lowest BCUT2D eigenvalue weighted by molar-refractivity contribution is -0.124. The van der Waals surface area contributed by atoms with Crippen LogP contribution in [0.15, 0.2) is 30.3 Å². The third kappa shape index (κ3) is 5.78. The van der Waals surface area contributed by atoms with Crippen molar-refractivity contribution in [1.29, 1.82) is 0 Å². The van der Waals surface area contributed by atoms with Gasteiger partial charge < -0.3 is 5.32 Å². The maximum atomic E-state index is 12.8. The molecule has 0 spiro atoms. The van der Waals surface area contributed by atoms with Crippen molar-refractivity contribution in [2.45, 2.75) is 51.7 Å². The van der Waals surface area contributed by atoms with Crippen LogP contribution in [0.5, 0.6) is 0 Å². The molecule has 0 radical (unpaired) electrons. The van der Waals surface area contributed by atoms with Gasteiger partial charge in [-0.3, -0.25) is 9.69 Å². The first-order valence-corrected chi connectivity index (χ1v) is 12.1. The molecule has 2 fully saturated rings. The summed E-state index contributed by atoms with van der Waals surface area (Å²) >= 11 is 0. The average molecular weight is 408 g/mol. The fourth-order valence-corrected chi connectivity index (χ4v) is 5.45. The van der Waals surface area contributed by atoms with Gasteiger partial charge in [0, 0.05) is 25.7 Å². The highest BCUT2D eigenvalue weighted by atomic mass is 32.2. The molecule has 1 saturated carbocycles. The maximum absolute atomic E-state index is 12.8. The standard InChI is InChI=1S/C21H33N3O3S/c1-15(2)11-20(23-28(3,26)27)21(25)22-19-10-9-17-13-24(14-18(17)19)12-16-7-5-4-6-8-16/h4-8,15,17-20,23H,9-14H2,1-3H3,(H,22,25)/t17-,18+,19+,20+/m1/s1. The Labute approximate surface area is 169 Å². The van der Waals surface area contributed by atoms with Crippen molar-refractivity contribution in [3.05, 3.63) is 35.9 Å². The number of amides is 1. The number of nitrogens with one attached hydrogen (secondary N) is 2. The third-order valence-corrected chi connectivity index (χ3v) is 6.60. The van der Waals surface area contributed by atoms with E-state index in [-0.39, 0.29) is 17.9 Å². The quantitative estimate of drug-likeness (QED) is 0.691. The summed E-state index contributed by atoms with van der Waals surface area (Å²) in [7, 11) is -3.43. The van der Waals surface area contributed by atoms with Gasteiger partial charge >= 0.3 is 0 Å². The molecule has 28 heavy (non-hydrogen) atoms. The fraction of sp³-hybridized carbons (Fsp3) is 0.667. The summed E-state index contributed by atoms with van der Waals surface area (Å²) in [5.41, 5.74) is 1.32. The second-order valence-corrected chi connectivity index (χ2v) is 10.6. The monoisotopic (exact) mass is 407 g/mol. The molecule has 1 amide bonds. The highest BCUT2D eigenvalue weighted by Crippen LogP contribution is 2.38. The van der Waals surface area contributed by atoms with Crippen LogP contribution in [0, 0.1) is 17.8 Å². The van der Waals surface area contributed by atoms with Gasteiger partial charge in [-0.25, -0.2) is 13.1 Å². The van der Waals surface area contributed by atoms with Crippen LogP contribution in [0.2, 0.25) is 0 Å². The van der Waals surface area contributed by atoms with Crippen LogP contribution in [0.1, 0.15) is 38.7 Å². The van der Waals surface area contributed by atoms with Crippen LogP contribution in [-0.4, -0.2) is 50.7 Å². The van der Waals surface area contributed by atoms with Crippen molar-refractivity contribution in [2.24, 2.45) is 17.8 Å². The number of nitrogens with zero attached hydrogens (tertiary/aromatic N) is 1. The highest BCUT2D eigenvalue weighted by molar-refractivity contribution is 7.88. The number of carbonyl (C=O) groups is 1. The van der Waals surface area contributed by atoms with Crippen molar-refractivity contribution in [3.63, 3.8) is 0 Å². The van der Waals surface area contributed by atoms with Crippen molar-refractivity contribution in [3.8, 4) is 0 Å². The topological polar surface area (TPSA) is 78.5 Å². The molecule has 6 nitrogen and oxygen atoms in total. The van der Waals surface area contributed by atoms with E-state index in [0.29, 0.717) is 18.3 Å². The molecule has 7 heteroatoms. The van der Waals surface area contributed by atoms with E-state index in [1.165, 1.54) is 5.56 Å². The molecule has 0 unspecified atom stereocenters. The molecule has 0 aromatic heterocycles. The Balaban J connectivity index is 1.59. The fourth-order valence-electron chi connectivity index (χ4n) is 4.73. The Hall–Kier alpha value is -1.44. The van der Waals surface area contributed by atoms with Gasteiger partial charge in [0.05, 0.1) is 6.26 Å². The number of hydrogen-bond acceptors (Lipinski definition) is 4. The Morgan fingerprint density at radius 1 is 1.18 bits per heavy atom. The predicted molar refractivity (Wildman–Crippen MR) is 111 cm³/mol. The van der Waals surface area contributed by atoms with Gasteiger partial charge in [0.15, 0.2) is 0 Å². The summed E-state index contributed by atoms with van der Waals surface area (Å²) in [5, 5.41) is 3.17. The predicted octanol–water partition coefficient (Wildman–Crippen LogP) is 1.98. The summed E-state index contributed by atoms with van der Waals surface area (Å²) in [4.78, 5) is 15.3. The SMILES string of the molecule is CC(C)C[C@H](NS(C)(=O)=O)C(=O)N[C@H]1CC[C@@H]2CN(Cc3ccccc3)C[C@@H]21. The minimum absolute atomic E-state index is 0.134. The van der Waals surface area contributed by atoms with Crippen LogP contribution in [-0.2, 0) is 21.4 Å². The smallest absolute Gasteiger partial charge is 0.238 e. The van der Waals surface area contributed by atoms with Gasteiger partial charge in [0.2, 0.25) is 15.9 Å². The molecule has 1 aromatic rings. The minimum Gasteiger partial charge on any atom is -0.352 e. The van der Waals surface area contributed by atoms with E-state index in [4.69, 9.17) is 0 Å². The summed E-state index contributed by atoms with van der Waals surface area (Å²) in [6.07, 6.45) is 3.71. The summed E-state index contributed by atoms with van der Waals surface area (Å²) in [6.45, 7) is 6.99. The molecule has 1 heterocycles. The number of benzene rings is 1. The van der Waals surface area contributed by atoms with Gasteiger partial charge in [-0.05, 0) is 42.6 Å². The molecule has 1 aliphatic heterocycles. The van der Waals surface area contributed by atoms with Crippen molar-refractivity contribution in [2.75, 3.05) is 19.3 Å². The van der Waals surface area contributed by atoms with Crippen LogP contribution in [0.3, 0.4) is 0 Å². The second kappa shape index (κ2) is 8.93. The second-order valence-electron chi connectivity index (χ2n) is 8.87. The van der Waals surface area contributed by atoms with Gasteiger partial charge in [-0.1, -0.05) is 44.2 Å². The molecule has 0 bridgehead atoms. The number of sulfonamides is 1. The Morgan fingerprint density at radius 2 is 1.89 bits per heavy atom. The lowest BCUT2D eigenvalue weighted by Crippen LogP contribution is -2.51. The Kier molecular flexibility index (Phi) is 6.78. The summed E-state index contributed by atoms with van der Waals surface area (Å²) in [6, 6.07) is 9.91. The molecule has 1 aromatic carbocycles. The first-order valence-electron chi connectivity index (χ1n) is 10.2. The molecule has 2 N–H and O–H groups in total. The van der Waals surface area contributed by atoms with E-state index in [9.17, 15) is 13.2 Å². The molecule has 3 rings (SSSR count). The van der Waals surface area contributed by atoms with E-state index in [0.717, 1.165) is 38.7 Å². The van der Waals surface area contributed by atoms with Gasteiger partial charge in [-0.15, -0.1) is 0 Å². The number of rotatable bonds is 8. The number of likely N-dealkylation sites (tertiary alicyclic amines) is 1. The maximum Gasteiger partial charge on any atom is 0.238 e. The Bertz CT molecular complexity index is 766. The van der Waals surface area contributed by atoms with Crippen LogP contribution in [0.25, 0.3) is 0 Å². The largest absolute Gasteiger partial charge is 0.352 e. The molecular weight excluding hydrogens is 374 g/mol. The summed E-state index contributed by atoms with van der Waals surface area (Å²) in [5.74, 6) is 1.10. The third-order valence-electron chi connectivity index (χ3n) is 5.89. The minimum atomic E-state index is -3.43. The summed E-state index contributed by atoms with van der Waals surface area (Å²) < 4.78 is 25.8. The van der Waals surface area contributed by atoms with E-state index >= 15 is 0 Å². The average Bonchev–Trinajstić information content (AvgIpc) is 3.15. The first kappa shape index (κ1) is 21.3. The van der Waals surface area contributed by atoms with E-state index < -0.39 is 16.1 Å². The Morgan fingerprint density at radius 3 is 2.54 bits per heavy atom. The van der Waals surface area contributed by atoms with Gasteiger partial charge in [-0.2, -0.15) is 0 Å². The molecule has 1 aliphatic carbocycles. The van der Waals surface area contributed by atoms with E-state index in [1.54, 1.807) is 0 Å². The zero-order valence-electron chi connectivity index (χ0n) is 17.1. The van der Waals surface area contributed by atoms with Crippen molar-refractivity contribution < 1.29 is 13.2 Å². The van der Waals surface area contributed by atoms with Gasteiger partial charge in [0.25, 0.3) is 0 Å². The number of hydrogen-bond donors (Lipinski definition) is 2. The van der Waals surface area contributed by atoms with E-state index in [2.05, 4.69) is 39.2 Å². The zero-order chi connectivity index (χ0) is 20.3. The van der Waals surface area contributed by atoms with Crippen LogP contribution < -0.4 is 10.0 Å². The lowest BCUT2D eigenvalue weighted by atomic mass is 9.97. The zero-order valence-corrected chi connectivity index (χ0v) is 17.9. The number of carbonyl (C=O) groups excluding carboxylic acids is 1. The first-order chi connectivity index (χ1) is 13.2. The van der Waals surface area contributed by atoms with Gasteiger partial charge in [0.1, 0.15) is 6.04 Å². The van der Waals surface area contributed by atoms with E-state index in [1.807, 2.05) is 19.9 Å².